The molecule has 0 spiro atoms. The summed E-state index contributed by atoms with van der Waals surface area (Å²) < 4.78 is 24.2. The highest BCUT2D eigenvalue weighted by Gasteiger charge is 2.61. The minimum Gasteiger partial charge on any atom is -0.507 e. The van der Waals surface area contributed by atoms with Gasteiger partial charge in [-0.05, 0) is 109 Å². The highest BCUT2D eigenvalue weighted by molar-refractivity contribution is 6.74. The van der Waals surface area contributed by atoms with Crippen molar-refractivity contribution in [3.05, 3.63) is 58.3 Å². The summed E-state index contributed by atoms with van der Waals surface area (Å²) in [6, 6.07) is 3.27. The van der Waals surface area contributed by atoms with Gasteiger partial charge in [0.1, 0.15) is 29.4 Å². The maximum atomic E-state index is 13.9. The molecule has 0 unspecified atom stereocenters. The maximum absolute atomic E-state index is 13.9. The number of fused-ring (bicyclic) bond motifs is 1. The Labute approximate surface area is 319 Å². The number of phenolic OH excluding ortho intramolecular Hbond substituents is 1. The van der Waals surface area contributed by atoms with E-state index in [0.29, 0.717) is 11.1 Å². The average molecular weight is 752 g/mol. The number of benzene rings is 1. The predicted octanol–water partition coefficient (Wildman–Crippen LogP) is 10.1. The highest BCUT2D eigenvalue weighted by Crippen LogP contribution is 2.50. The first kappa shape index (κ1) is 42.4. The Bertz CT molecular complexity index is 1640. The Morgan fingerprint density at radius 1 is 1.11 bits per heavy atom. The minimum atomic E-state index is -2.20. The zero-order chi connectivity index (χ0) is 39.8. The van der Waals surface area contributed by atoms with E-state index in [4.69, 9.17) is 18.6 Å². The van der Waals surface area contributed by atoms with Gasteiger partial charge in [0.2, 0.25) is 5.91 Å². The molecule has 1 N–H and O–H groups in total. The molecule has 10 heteroatoms. The van der Waals surface area contributed by atoms with Gasteiger partial charge in [-0.15, -0.1) is 0 Å². The van der Waals surface area contributed by atoms with Gasteiger partial charge in [0, 0.05) is 23.0 Å². The number of phenols is 1. The molecule has 1 aromatic rings. The predicted molar refractivity (Wildman–Crippen MR) is 211 cm³/mol. The lowest BCUT2D eigenvalue weighted by molar-refractivity contribution is -0.166. The number of aromatic hydroxyl groups is 1. The molecular weight excluding hydrogens is 687 g/mol. The van der Waals surface area contributed by atoms with Crippen LogP contribution in [0.4, 0.5) is 4.79 Å². The van der Waals surface area contributed by atoms with E-state index in [-0.39, 0.29) is 64.6 Å². The van der Waals surface area contributed by atoms with E-state index in [1.807, 2.05) is 26.8 Å². The van der Waals surface area contributed by atoms with Crippen molar-refractivity contribution in [2.75, 3.05) is 6.61 Å². The molecule has 0 saturated carbocycles. The maximum Gasteiger partial charge on any atom is 0.514 e. The van der Waals surface area contributed by atoms with Crippen LogP contribution >= 0.6 is 0 Å². The fraction of sp³-hybridized carbons (Fsp3) is 0.651. The summed E-state index contributed by atoms with van der Waals surface area (Å²) in [6.45, 7) is 30.2. The lowest BCUT2D eigenvalue weighted by Crippen LogP contribution is -2.65. The summed E-state index contributed by atoms with van der Waals surface area (Å²) in [4.78, 5) is 42.8. The van der Waals surface area contributed by atoms with Crippen LogP contribution in [-0.4, -0.2) is 60.7 Å². The Morgan fingerprint density at radius 3 is 2.36 bits per heavy atom. The van der Waals surface area contributed by atoms with Crippen LogP contribution < -0.4 is 4.74 Å². The van der Waals surface area contributed by atoms with E-state index < -0.39 is 32.0 Å². The monoisotopic (exact) mass is 751 g/mol. The van der Waals surface area contributed by atoms with Gasteiger partial charge < -0.3 is 28.6 Å². The van der Waals surface area contributed by atoms with Crippen LogP contribution in [-0.2, 0) is 29.9 Å². The number of hydrogen-bond acceptors (Lipinski definition) is 8. The van der Waals surface area contributed by atoms with Crippen molar-refractivity contribution in [2.24, 2.45) is 17.8 Å². The smallest absolute Gasteiger partial charge is 0.507 e. The van der Waals surface area contributed by atoms with E-state index in [2.05, 4.69) is 60.4 Å². The second-order valence-corrected chi connectivity index (χ2v) is 22.9. The van der Waals surface area contributed by atoms with Crippen LogP contribution in [0, 0.1) is 17.8 Å². The molecule has 53 heavy (non-hydrogen) atoms. The second kappa shape index (κ2) is 16.2. The molecule has 1 amide bonds. The van der Waals surface area contributed by atoms with Crippen molar-refractivity contribution in [3.63, 3.8) is 0 Å². The quantitative estimate of drug-likeness (QED) is 0.0530. The van der Waals surface area contributed by atoms with Gasteiger partial charge in [0.25, 0.3) is 0 Å². The van der Waals surface area contributed by atoms with Gasteiger partial charge in [-0.1, -0.05) is 71.3 Å². The summed E-state index contributed by atoms with van der Waals surface area (Å²) in [5, 5.41) is 11.4. The lowest BCUT2D eigenvalue weighted by Gasteiger charge is -2.50. The average Bonchev–Trinajstić information content (AvgIpc) is 3.25. The molecular formula is C43H65NO8Si. The first-order chi connectivity index (χ1) is 24.5. The number of amides is 1. The van der Waals surface area contributed by atoms with Gasteiger partial charge in [0.05, 0.1) is 18.1 Å². The number of rotatable bonds is 13. The summed E-state index contributed by atoms with van der Waals surface area (Å²) in [5.74, 6) is -1.46. The largest absolute Gasteiger partial charge is 0.514 e. The zero-order valence-electron chi connectivity index (χ0n) is 34.6. The lowest BCUT2D eigenvalue weighted by atomic mass is 9.73. The molecule has 1 aromatic carbocycles. The summed E-state index contributed by atoms with van der Waals surface area (Å²) >= 11 is 0. The van der Waals surface area contributed by atoms with Crippen molar-refractivity contribution >= 4 is 26.3 Å². The van der Waals surface area contributed by atoms with Crippen molar-refractivity contribution in [2.45, 2.75) is 156 Å². The van der Waals surface area contributed by atoms with Gasteiger partial charge in [-0.25, -0.2) is 9.59 Å². The molecule has 1 saturated heterocycles. The number of esters is 1. The summed E-state index contributed by atoms with van der Waals surface area (Å²) in [7, 11) is -2.20. The van der Waals surface area contributed by atoms with Crippen LogP contribution in [0.25, 0.3) is 0 Å². The van der Waals surface area contributed by atoms with E-state index in [9.17, 15) is 19.5 Å². The molecule has 0 bridgehead atoms. The van der Waals surface area contributed by atoms with Gasteiger partial charge in [0.15, 0.2) is 8.32 Å². The standard InChI is InChI=1S/C43H65NO8Si/c1-15-16-17-18-29-22-33(45)36(31-21-26(4)19-20-30(31)25(2)3)34(23-29)50-41(48)49-24-32-27(5)37-35(28(6)52-53(13,14)43(10,11)12)39(46)44(37)38(32)40(47)51-42(7,8)9/h21-23,27-28,30-31,35,37,45H,2,15-20,24H2,1,3-14H3/t27-,28+,30-,31+,35+,37+/m0/s1. The molecule has 9 nitrogen and oxygen atoms in total. The number of carbonyl (C=O) groups excluding carboxylic acids is 3. The van der Waals surface area contributed by atoms with E-state index in [1.54, 1.807) is 26.8 Å². The number of nitrogens with zero attached hydrogens (tertiary/aromatic N) is 1. The number of β-lactam (4-membered cyclic amide) rings is 1. The number of aryl methyl sites for hydroxylation is 1. The van der Waals surface area contributed by atoms with E-state index in [1.165, 1.54) is 10.5 Å². The van der Waals surface area contributed by atoms with Gasteiger partial charge >= 0.3 is 12.1 Å². The molecule has 6 atom stereocenters. The van der Waals surface area contributed by atoms with E-state index in [0.717, 1.165) is 49.7 Å². The molecule has 4 rings (SSSR count). The molecule has 1 aliphatic carbocycles. The van der Waals surface area contributed by atoms with E-state index >= 15 is 0 Å². The van der Waals surface area contributed by atoms with Gasteiger partial charge in [-0.3, -0.25) is 4.79 Å². The first-order valence-electron chi connectivity index (χ1n) is 19.5. The number of allylic oxidation sites excluding steroid dienone is 3. The minimum absolute atomic E-state index is 0.0441. The SMILES string of the molecule is C=C(C)[C@@H]1CCC(C)=C[C@H]1c1c(O)cc(CCCCC)cc1OC(=O)OCC1=C(C(=O)OC(C)(C)C)N2C(=O)[C@H]([C@@H](C)O[Si](C)(C)C(C)(C)C)[C@H]2[C@H]1C. The van der Waals surface area contributed by atoms with Crippen LogP contribution in [0.2, 0.25) is 18.1 Å². The number of unbranched alkanes of at least 4 members (excludes halogenated alkanes) is 2. The van der Waals surface area contributed by atoms with Crippen molar-refractivity contribution in [3.8, 4) is 11.5 Å². The number of ether oxygens (including phenoxy) is 3. The van der Waals surface area contributed by atoms with Crippen molar-refractivity contribution in [1.29, 1.82) is 0 Å². The van der Waals surface area contributed by atoms with Crippen LogP contribution in [0.1, 0.15) is 125 Å². The van der Waals surface area contributed by atoms with Crippen LogP contribution in [0.15, 0.2) is 47.2 Å². The molecule has 2 aliphatic heterocycles. The molecule has 1 fully saturated rings. The molecule has 3 aliphatic rings. The molecule has 2 heterocycles. The van der Waals surface area contributed by atoms with Crippen LogP contribution in [0.3, 0.4) is 0 Å². The normalized spacial score (nSPS) is 23.9. The van der Waals surface area contributed by atoms with Crippen LogP contribution in [0.5, 0.6) is 11.5 Å². The Hall–Kier alpha value is -3.37. The third-order valence-corrected chi connectivity index (χ3v) is 16.3. The van der Waals surface area contributed by atoms with Crippen molar-refractivity contribution < 1.29 is 38.1 Å². The Morgan fingerprint density at radius 2 is 1.77 bits per heavy atom. The molecule has 0 radical (unpaired) electrons. The van der Waals surface area contributed by atoms with Crippen molar-refractivity contribution in [1.82, 2.24) is 4.90 Å². The number of carbonyl (C=O) groups is 3. The Balaban J connectivity index is 1.64. The first-order valence-corrected chi connectivity index (χ1v) is 22.4. The second-order valence-electron chi connectivity index (χ2n) is 18.1. The Kier molecular flexibility index (Phi) is 12.9. The molecule has 294 valence electrons. The fourth-order valence-corrected chi connectivity index (χ4v) is 9.25. The topological polar surface area (TPSA) is 112 Å². The fourth-order valence-electron chi connectivity index (χ4n) is 7.82. The number of hydrogen-bond donors (Lipinski definition) is 1. The summed E-state index contributed by atoms with van der Waals surface area (Å²) in [5.41, 5.74) is 3.41. The molecule has 0 aromatic heterocycles. The van der Waals surface area contributed by atoms with Gasteiger partial charge in [-0.2, -0.15) is 0 Å². The summed E-state index contributed by atoms with van der Waals surface area (Å²) in [6.07, 6.45) is 6.37. The zero-order valence-corrected chi connectivity index (χ0v) is 35.6. The third-order valence-electron chi connectivity index (χ3n) is 11.7. The highest BCUT2D eigenvalue weighted by atomic mass is 28.4. The third kappa shape index (κ3) is 9.30.